The predicted molar refractivity (Wildman–Crippen MR) is 146 cm³/mol. The average Bonchev–Trinajstić information content (AvgIpc) is 2.72. The van der Waals surface area contributed by atoms with Crippen molar-refractivity contribution in [2.45, 2.75) is 59.2 Å². The second-order valence-corrected chi connectivity index (χ2v) is 7.92. The number of nitrogens with two attached hydrogens (primary N) is 1. The lowest BCUT2D eigenvalue weighted by Crippen LogP contribution is -2.30. The number of aromatic hydroxyl groups is 2. The molecule has 0 radical (unpaired) electrons. The third-order valence-electron chi connectivity index (χ3n) is 4.81. The van der Waals surface area contributed by atoms with Gasteiger partial charge in [-0.05, 0) is 74.6 Å². The van der Waals surface area contributed by atoms with Gasteiger partial charge >= 0.3 is 0 Å². The summed E-state index contributed by atoms with van der Waals surface area (Å²) in [5, 5.41) is 21.8. The molecule has 3 atom stereocenters. The lowest BCUT2D eigenvalue weighted by Gasteiger charge is -2.20. The van der Waals surface area contributed by atoms with E-state index in [4.69, 9.17) is 10.8 Å². The molecule has 0 heterocycles. The topological polar surface area (TPSA) is 78.5 Å². The fraction of sp³-hybridized carbons (Fsp3) is 0.333. The second-order valence-electron chi connectivity index (χ2n) is 7.92. The van der Waals surface area contributed by atoms with Crippen LogP contribution in [0.4, 0.5) is 0 Å². The molecule has 0 saturated heterocycles. The predicted octanol–water partition coefficient (Wildman–Crippen LogP) is 6.44. The number of benzene rings is 3. The second kappa shape index (κ2) is 17.3. The monoisotopic (exact) mass is 494 g/mol. The summed E-state index contributed by atoms with van der Waals surface area (Å²) < 4.78 is 0. The fourth-order valence-electron chi connectivity index (χ4n) is 3.31. The number of rotatable bonds is 7. The Kier molecular flexibility index (Phi) is 17.2. The smallest absolute Gasteiger partial charge is 0.115 e. The standard InChI is InChI=1S/C17H21NO.C9H13NO.CH4.2ClH/c1-13(12-15-8-10-17(19)11-9-15)18-14(2)16-6-4-3-5-7-16;1-7(10)6-8-2-4-9(11)5-3-8;;;/h3-11,13-14,18-19H,12H2,1-2H3;2-5,7,11H,6,10H2,1H3;1H4;2*1H/t13-,14-;7-;;;/m00.../s1. The SMILES string of the molecule is C.C[C@H](N)Cc1ccc(O)cc1.C[C@H](N[C@@H](C)Cc1ccc(O)cc1)c1ccccc1.Cl.Cl. The lowest BCUT2D eigenvalue weighted by molar-refractivity contribution is 0.470. The zero-order chi connectivity index (χ0) is 21.9. The molecule has 0 aliphatic heterocycles. The van der Waals surface area contributed by atoms with Gasteiger partial charge in [0.2, 0.25) is 0 Å². The number of halogens is 2. The molecule has 3 aromatic rings. The van der Waals surface area contributed by atoms with Crippen LogP contribution in [-0.2, 0) is 12.8 Å². The van der Waals surface area contributed by atoms with Crippen molar-refractivity contribution in [3.8, 4) is 11.5 Å². The van der Waals surface area contributed by atoms with Crippen LogP contribution in [0.2, 0.25) is 0 Å². The van der Waals surface area contributed by atoms with E-state index >= 15 is 0 Å². The van der Waals surface area contributed by atoms with Crippen molar-refractivity contribution in [2.75, 3.05) is 0 Å². The van der Waals surface area contributed by atoms with Crippen molar-refractivity contribution in [3.63, 3.8) is 0 Å². The molecule has 0 aliphatic carbocycles. The highest BCUT2D eigenvalue weighted by molar-refractivity contribution is 5.85. The van der Waals surface area contributed by atoms with Gasteiger partial charge in [0.05, 0.1) is 0 Å². The first-order valence-corrected chi connectivity index (χ1v) is 10.5. The third-order valence-corrected chi connectivity index (χ3v) is 4.81. The van der Waals surface area contributed by atoms with Crippen molar-refractivity contribution < 1.29 is 10.2 Å². The summed E-state index contributed by atoms with van der Waals surface area (Å²) >= 11 is 0. The Hall–Kier alpha value is -2.24. The maximum atomic E-state index is 9.27. The van der Waals surface area contributed by atoms with Crippen molar-refractivity contribution in [1.29, 1.82) is 0 Å². The Morgan fingerprint density at radius 2 is 1.12 bits per heavy atom. The Morgan fingerprint density at radius 3 is 1.55 bits per heavy atom. The molecule has 3 rings (SSSR count). The molecule has 184 valence electrons. The Morgan fingerprint density at radius 1 is 0.697 bits per heavy atom. The van der Waals surface area contributed by atoms with Crippen LogP contribution in [-0.4, -0.2) is 22.3 Å². The molecular weight excluding hydrogens is 455 g/mol. The summed E-state index contributed by atoms with van der Waals surface area (Å²) in [5.74, 6) is 0.625. The molecule has 0 aliphatic rings. The molecule has 0 unspecified atom stereocenters. The first-order valence-electron chi connectivity index (χ1n) is 10.5. The van der Waals surface area contributed by atoms with Crippen molar-refractivity contribution in [3.05, 3.63) is 95.6 Å². The number of nitrogens with one attached hydrogen (secondary N) is 1. The highest BCUT2D eigenvalue weighted by atomic mass is 35.5. The van der Waals surface area contributed by atoms with Crippen molar-refractivity contribution in [2.24, 2.45) is 5.73 Å². The number of phenolic OH excluding ortho intramolecular Hbond substituents is 2. The maximum absolute atomic E-state index is 9.27. The van der Waals surface area contributed by atoms with Crippen LogP contribution in [0.15, 0.2) is 78.9 Å². The summed E-state index contributed by atoms with van der Waals surface area (Å²) in [4.78, 5) is 0. The minimum absolute atomic E-state index is 0. The quantitative estimate of drug-likeness (QED) is 0.304. The van der Waals surface area contributed by atoms with Gasteiger partial charge in [0, 0.05) is 18.1 Å². The van der Waals surface area contributed by atoms with Crippen LogP contribution in [0.5, 0.6) is 11.5 Å². The summed E-state index contributed by atoms with van der Waals surface area (Å²) in [7, 11) is 0. The van der Waals surface area contributed by atoms with Gasteiger partial charge in [-0.25, -0.2) is 0 Å². The van der Waals surface area contributed by atoms with Crippen LogP contribution in [0.3, 0.4) is 0 Å². The van der Waals surface area contributed by atoms with Crippen LogP contribution >= 0.6 is 24.8 Å². The Bertz CT molecular complexity index is 858. The van der Waals surface area contributed by atoms with E-state index in [9.17, 15) is 5.11 Å². The number of hydrogen-bond acceptors (Lipinski definition) is 4. The highest BCUT2D eigenvalue weighted by Crippen LogP contribution is 2.15. The minimum atomic E-state index is 0. The van der Waals surface area contributed by atoms with E-state index < -0.39 is 0 Å². The van der Waals surface area contributed by atoms with Gasteiger partial charge < -0.3 is 21.3 Å². The van der Waals surface area contributed by atoms with Crippen LogP contribution in [0, 0.1) is 0 Å². The largest absolute Gasteiger partial charge is 0.508 e. The van der Waals surface area contributed by atoms with Crippen LogP contribution in [0.1, 0.15) is 50.9 Å². The van der Waals surface area contributed by atoms with Gasteiger partial charge in [-0.3, -0.25) is 0 Å². The zero-order valence-electron chi connectivity index (χ0n) is 18.9. The Labute approximate surface area is 212 Å². The van der Waals surface area contributed by atoms with Crippen molar-refractivity contribution >= 4 is 24.8 Å². The zero-order valence-corrected chi connectivity index (χ0v) is 20.6. The van der Waals surface area contributed by atoms with E-state index in [0.29, 0.717) is 23.6 Å². The lowest BCUT2D eigenvalue weighted by atomic mass is 10.0. The van der Waals surface area contributed by atoms with E-state index in [-0.39, 0.29) is 38.3 Å². The van der Waals surface area contributed by atoms with Crippen LogP contribution < -0.4 is 11.1 Å². The van der Waals surface area contributed by atoms with Gasteiger partial charge in [-0.1, -0.05) is 62.0 Å². The fourth-order valence-corrected chi connectivity index (χ4v) is 3.31. The molecule has 5 N–H and O–H groups in total. The first-order chi connectivity index (χ1) is 14.3. The molecule has 0 amide bonds. The molecule has 0 spiro atoms. The van der Waals surface area contributed by atoms with E-state index in [1.54, 1.807) is 24.3 Å². The average molecular weight is 496 g/mol. The molecule has 3 aromatic carbocycles. The van der Waals surface area contributed by atoms with Gasteiger partial charge in [-0.15, -0.1) is 24.8 Å². The molecule has 0 bridgehead atoms. The molecule has 0 fully saturated rings. The van der Waals surface area contributed by atoms with E-state index in [0.717, 1.165) is 18.4 Å². The van der Waals surface area contributed by atoms with Gasteiger partial charge in [-0.2, -0.15) is 0 Å². The number of phenols is 2. The van der Waals surface area contributed by atoms with Crippen molar-refractivity contribution in [1.82, 2.24) is 5.32 Å². The highest BCUT2D eigenvalue weighted by Gasteiger charge is 2.09. The van der Waals surface area contributed by atoms with E-state index in [1.807, 2.05) is 37.3 Å². The molecule has 6 heteroatoms. The molecule has 33 heavy (non-hydrogen) atoms. The number of hydrogen-bond donors (Lipinski definition) is 4. The van der Waals surface area contributed by atoms with Gasteiger partial charge in [0.25, 0.3) is 0 Å². The molecule has 0 saturated carbocycles. The molecular formula is C27H40Cl2N2O2. The third kappa shape index (κ3) is 13.2. The summed E-state index contributed by atoms with van der Waals surface area (Å²) in [6, 6.07) is 25.9. The Balaban J connectivity index is 0. The van der Waals surface area contributed by atoms with E-state index in [2.05, 4.69) is 43.4 Å². The first kappa shape index (κ1) is 32.9. The van der Waals surface area contributed by atoms with E-state index in [1.165, 1.54) is 11.1 Å². The summed E-state index contributed by atoms with van der Waals surface area (Å²) in [6.07, 6.45) is 1.82. The molecule has 4 nitrogen and oxygen atoms in total. The molecule has 0 aromatic heterocycles. The van der Waals surface area contributed by atoms with Crippen LogP contribution in [0.25, 0.3) is 0 Å². The minimum Gasteiger partial charge on any atom is -0.508 e. The van der Waals surface area contributed by atoms with Gasteiger partial charge in [0.15, 0.2) is 0 Å². The normalized spacial score (nSPS) is 12.4. The van der Waals surface area contributed by atoms with Gasteiger partial charge in [0.1, 0.15) is 11.5 Å². The summed E-state index contributed by atoms with van der Waals surface area (Å²) in [5.41, 5.74) is 9.30. The summed E-state index contributed by atoms with van der Waals surface area (Å²) in [6.45, 7) is 6.34. The maximum Gasteiger partial charge on any atom is 0.115 e.